The van der Waals surface area contributed by atoms with Crippen LogP contribution >= 0.6 is 0 Å². The zero-order valence-corrected chi connectivity index (χ0v) is 13.8. The van der Waals surface area contributed by atoms with Gasteiger partial charge in [-0.05, 0) is 63.0 Å². The third-order valence-electron chi connectivity index (χ3n) is 5.24. The second kappa shape index (κ2) is 6.29. The van der Waals surface area contributed by atoms with Gasteiger partial charge in [0.15, 0.2) is 0 Å². The number of benzene rings is 1. The quantitative estimate of drug-likeness (QED) is 0.856. The summed E-state index contributed by atoms with van der Waals surface area (Å²) < 4.78 is 5.19. The molecule has 2 atom stereocenters. The van der Waals surface area contributed by atoms with Crippen molar-refractivity contribution in [3.05, 3.63) is 29.8 Å². The molecule has 1 aromatic carbocycles. The molecule has 4 heteroatoms. The Morgan fingerprint density at radius 1 is 1.23 bits per heavy atom. The maximum absolute atomic E-state index is 12.7. The molecule has 3 rings (SSSR count). The summed E-state index contributed by atoms with van der Waals surface area (Å²) in [5, 5.41) is 0. The number of hydrogen-bond donors (Lipinski definition) is 0. The van der Waals surface area contributed by atoms with E-state index in [0.29, 0.717) is 17.9 Å². The molecule has 1 aliphatic carbocycles. The minimum Gasteiger partial charge on any atom is -0.497 e. The van der Waals surface area contributed by atoms with Crippen molar-refractivity contribution in [2.45, 2.75) is 31.2 Å². The zero-order chi connectivity index (χ0) is 15.7. The number of methoxy groups -OCH3 is 1. The van der Waals surface area contributed by atoms with E-state index in [1.54, 1.807) is 7.11 Å². The second-order valence-electron chi connectivity index (χ2n) is 6.71. The highest BCUT2D eigenvalue weighted by Crippen LogP contribution is 2.48. The normalized spacial score (nSPS) is 25.8. The van der Waals surface area contributed by atoms with Crippen molar-refractivity contribution in [1.29, 1.82) is 0 Å². The van der Waals surface area contributed by atoms with E-state index >= 15 is 0 Å². The molecule has 1 aliphatic heterocycles. The lowest BCUT2D eigenvalue weighted by Gasteiger charge is -2.35. The average molecular weight is 302 g/mol. The monoisotopic (exact) mass is 302 g/mol. The van der Waals surface area contributed by atoms with Crippen LogP contribution in [0, 0.1) is 5.92 Å². The largest absolute Gasteiger partial charge is 0.497 e. The molecule has 1 saturated heterocycles. The molecule has 0 spiro atoms. The summed E-state index contributed by atoms with van der Waals surface area (Å²) in [5.41, 5.74) is 1.26. The number of ether oxygens (including phenoxy) is 1. The van der Waals surface area contributed by atoms with Gasteiger partial charge in [0.2, 0.25) is 5.91 Å². The number of piperidine rings is 1. The predicted molar refractivity (Wildman–Crippen MR) is 87.1 cm³/mol. The van der Waals surface area contributed by atoms with Crippen LogP contribution in [-0.2, 0) is 4.79 Å². The number of carbonyl (C=O) groups excluding carboxylic acids is 1. The first-order valence-electron chi connectivity index (χ1n) is 8.19. The Bertz CT molecular complexity index is 520. The summed E-state index contributed by atoms with van der Waals surface area (Å²) in [4.78, 5) is 17.0. The summed E-state index contributed by atoms with van der Waals surface area (Å²) in [6, 6.07) is 8.56. The van der Waals surface area contributed by atoms with Gasteiger partial charge in [-0.15, -0.1) is 0 Å². The van der Waals surface area contributed by atoms with Crippen molar-refractivity contribution >= 4 is 5.91 Å². The van der Waals surface area contributed by atoms with E-state index in [1.165, 1.54) is 5.56 Å². The first-order chi connectivity index (χ1) is 10.6. The molecule has 1 aromatic rings. The van der Waals surface area contributed by atoms with E-state index in [1.807, 2.05) is 24.1 Å². The average Bonchev–Trinajstić information content (AvgIpc) is 3.35. The summed E-state index contributed by atoms with van der Waals surface area (Å²) >= 11 is 0. The first-order valence-corrected chi connectivity index (χ1v) is 8.19. The fourth-order valence-corrected chi connectivity index (χ4v) is 3.51. The maximum Gasteiger partial charge on any atom is 0.226 e. The first kappa shape index (κ1) is 15.3. The second-order valence-corrected chi connectivity index (χ2v) is 6.71. The van der Waals surface area contributed by atoms with Crippen LogP contribution in [-0.4, -0.2) is 56.0 Å². The van der Waals surface area contributed by atoms with Crippen LogP contribution in [0.25, 0.3) is 0 Å². The van der Waals surface area contributed by atoms with Gasteiger partial charge in [0.05, 0.1) is 7.11 Å². The van der Waals surface area contributed by atoms with Crippen molar-refractivity contribution in [1.82, 2.24) is 9.80 Å². The molecule has 1 heterocycles. The molecule has 4 nitrogen and oxygen atoms in total. The van der Waals surface area contributed by atoms with Gasteiger partial charge in [-0.2, -0.15) is 0 Å². The molecule has 2 unspecified atom stereocenters. The molecule has 0 aromatic heterocycles. The number of likely N-dealkylation sites (tertiary alicyclic amines) is 1. The van der Waals surface area contributed by atoms with Crippen LogP contribution in [0.5, 0.6) is 5.75 Å². The molecule has 1 amide bonds. The van der Waals surface area contributed by atoms with Gasteiger partial charge >= 0.3 is 0 Å². The zero-order valence-electron chi connectivity index (χ0n) is 13.8. The van der Waals surface area contributed by atoms with Gasteiger partial charge in [0.25, 0.3) is 0 Å². The maximum atomic E-state index is 12.7. The molecule has 0 radical (unpaired) electrons. The van der Waals surface area contributed by atoms with Crippen LogP contribution in [0.2, 0.25) is 0 Å². The van der Waals surface area contributed by atoms with Crippen LogP contribution in [0.15, 0.2) is 24.3 Å². The van der Waals surface area contributed by atoms with Crippen molar-refractivity contribution in [3.8, 4) is 5.75 Å². The standard InChI is InChI=1S/C18H26N2O2/c1-19-10-8-14(9-11-19)20(2)18(21)17-12-16(17)13-4-6-15(22-3)7-5-13/h4-7,14,16-17H,8-12H2,1-3H3. The summed E-state index contributed by atoms with van der Waals surface area (Å²) in [6.07, 6.45) is 3.18. The summed E-state index contributed by atoms with van der Waals surface area (Å²) in [6.45, 7) is 2.18. The smallest absolute Gasteiger partial charge is 0.226 e. The molecule has 22 heavy (non-hydrogen) atoms. The fourth-order valence-electron chi connectivity index (χ4n) is 3.51. The Morgan fingerprint density at radius 2 is 1.86 bits per heavy atom. The molecule has 0 bridgehead atoms. The molecule has 1 saturated carbocycles. The van der Waals surface area contributed by atoms with Gasteiger partial charge < -0.3 is 14.5 Å². The molecule has 2 aliphatic rings. The van der Waals surface area contributed by atoms with Crippen molar-refractivity contribution in [2.24, 2.45) is 5.92 Å². The molecule has 2 fully saturated rings. The molecular weight excluding hydrogens is 276 g/mol. The SMILES string of the molecule is COc1ccc(C2CC2C(=O)N(C)C2CCN(C)CC2)cc1. The van der Waals surface area contributed by atoms with Gasteiger partial charge in [0, 0.05) is 19.0 Å². The predicted octanol–water partition coefficient (Wildman–Crippen LogP) is 2.35. The lowest BCUT2D eigenvalue weighted by Crippen LogP contribution is -2.45. The minimum absolute atomic E-state index is 0.179. The Labute approximate surface area is 133 Å². The number of amides is 1. The number of carbonyl (C=O) groups is 1. The van der Waals surface area contributed by atoms with Gasteiger partial charge in [0.1, 0.15) is 5.75 Å². The van der Waals surface area contributed by atoms with Gasteiger partial charge in [-0.25, -0.2) is 0 Å². The lowest BCUT2D eigenvalue weighted by atomic mass is 10.0. The van der Waals surface area contributed by atoms with E-state index in [-0.39, 0.29) is 5.92 Å². The number of rotatable bonds is 4. The Morgan fingerprint density at radius 3 is 2.45 bits per heavy atom. The van der Waals surface area contributed by atoms with Crippen LogP contribution in [0.1, 0.15) is 30.7 Å². The number of hydrogen-bond acceptors (Lipinski definition) is 3. The van der Waals surface area contributed by atoms with Gasteiger partial charge in [-0.3, -0.25) is 4.79 Å². The third-order valence-corrected chi connectivity index (χ3v) is 5.24. The fraction of sp³-hybridized carbons (Fsp3) is 0.611. The van der Waals surface area contributed by atoms with E-state index < -0.39 is 0 Å². The number of nitrogens with zero attached hydrogens (tertiary/aromatic N) is 2. The highest BCUT2D eigenvalue weighted by molar-refractivity contribution is 5.83. The topological polar surface area (TPSA) is 32.8 Å². The van der Waals surface area contributed by atoms with Crippen molar-refractivity contribution < 1.29 is 9.53 Å². The Kier molecular flexibility index (Phi) is 4.39. The lowest BCUT2D eigenvalue weighted by molar-refractivity contribution is -0.134. The van der Waals surface area contributed by atoms with Gasteiger partial charge in [-0.1, -0.05) is 12.1 Å². The summed E-state index contributed by atoms with van der Waals surface area (Å²) in [7, 11) is 5.81. The molecule has 120 valence electrons. The third kappa shape index (κ3) is 3.12. The van der Waals surface area contributed by atoms with Crippen LogP contribution in [0.3, 0.4) is 0 Å². The molecule has 0 N–H and O–H groups in total. The Balaban J connectivity index is 1.57. The van der Waals surface area contributed by atoms with E-state index in [4.69, 9.17) is 4.74 Å². The van der Waals surface area contributed by atoms with E-state index in [9.17, 15) is 4.79 Å². The minimum atomic E-state index is 0.179. The highest BCUT2D eigenvalue weighted by Gasteiger charge is 2.46. The Hall–Kier alpha value is -1.55. The van der Waals surface area contributed by atoms with Crippen LogP contribution in [0.4, 0.5) is 0 Å². The van der Waals surface area contributed by atoms with E-state index in [0.717, 1.165) is 38.1 Å². The molecular formula is C18H26N2O2. The highest BCUT2D eigenvalue weighted by atomic mass is 16.5. The summed E-state index contributed by atoms with van der Waals surface area (Å²) in [5.74, 6) is 1.77. The van der Waals surface area contributed by atoms with E-state index in [2.05, 4.69) is 24.1 Å². The van der Waals surface area contributed by atoms with Crippen LogP contribution < -0.4 is 4.74 Å². The van der Waals surface area contributed by atoms with Crippen molar-refractivity contribution in [3.63, 3.8) is 0 Å². The van der Waals surface area contributed by atoms with Crippen molar-refractivity contribution in [2.75, 3.05) is 34.3 Å².